The van der Waals surface area contributed by atoms with Crippen molar-refractivity contribution in [2.45, 2.75) is 33.3 Å². The predicted molar refractivity (Wildman–Crippen MR) is 69.0 cm³/mol. The summed E-state index contributed by atoms with van der Waals surface area (Å²) < 4.78 is 5.67. The average Bonchev–Trinajstić information content (AvgIpc) is 2.34. The third-order valence-corrected chi connectivity index (χ3v) is 2.45. The minimum atomic E-state index is 0.598. The molecule has 0 aromatic heterocycles. The van der Waals surface area contributed by atoms with Crippen LogP contribution in [0.4, 0.5) is 0 Å². The van der Waals surface area contributed by atoms with Gasteiger partial charge in [-0.1, -0.05) is 56.8 Å². The van der Waals surface area contributed by atoms with Crippen molar-refractivity contribution in [2.24, 2.45) is 0 Å². The number of allylic oxidation sites excluding steroid dienone is 2. The van der Waals surface area contributed by atoms with Crippen LogP contribution in [-0.2, 0) is 11.3 Å². The Balaban J connectivity index is 2.49. The summed E-state index contributed by atoms with van der Waals surface area (Å²) in [6.07, 6.45) is 4.17. The van der Waals surface area contributed by atoms with Gasteiger partial charge in [-0.3, -0.25) is 0 Å². The molecule has 86 valence electrons. The van der Waals surface area contributed by atoms with Crippen molar-refractivity contribution in [3.63, 3.8) is 0 Å². The fourth-order valence-corrected chi connectivity index (χ4v) is 1.54. The third kappa shape index (κ3) is 3.93. The van der Waals surface area contributed by atoms with Crippen molar-refractivity contribution < 1.29 is 4.74 Å². The highest BCUT2D eigenvalue weighted by Gasteiger charge is 2.01. The summed E-state index contributed by atoms with van der Waals surface area (Å²) >= 11 is 0. The maximum atomic E-state index is 5.67. The zero-order valence-corrected chi connectivity index (χ0v) is 10.2. The van der Waals surface area contributed by atoms with E-state index in [2.05, 4.69) is 38.6 Å². The molecule has 0 aliphatic carbocycles. The van der Waals surface area contributed by atoms with Gasteiger partial charge >= 0.3 is 0 Å². The molecule has 1 aromatic carbocycles. The van der Waals surface area contributed by atoms with Crippen LogP contribution in [0.1, 0.15) is 32.3 Å². The van der Waals surface area contributed by atoms with Crippen LogP contribution < -0.4 is 0 Å². The molecule has 0 radical (unpaired) electrons. The maximum absolute atomic E-state index is 5.67. The second-order valence-corrected chi connectivity index (χ2v) is 3.69. The van der Waals surface area contributed by atoms with Crippen molar-refractivity contribution in [3.05, 3.63) is 59.9 Å². The lowest BCUT2D eigenvalue weighted by Crippen LogP contribution is -1.95. The molecule has 0 spiro atoms. The predicted octanol–water partition coefficient (Wildman–Crippen LogP) is 4.46. The van der Waals surface area contributed by atoms with Crippen LogP contribution >= 0.6 is 0 Å². The van der Waals surface area contributed by atoms with E-state index in [9.17, 15) is 0 Å². The topological polar surface area (TPSA) is 9.23 Å². The molecule has 0 unspecified atom stereocenters. The van der Waals surface area contributed by atoms with Gasteiger partial charge in [-0.15, -0.1) is 0 Å². The lowest BCUT2D eigenvalue weighted by molar-refractivity contribution is 0.206. The first kappa shape index (κ1) is 12.6. The van der Waals surface area contributed by atoms with E-state index in [-0.39, 0.29) is 0 Å². The number of benzene rings is 1. The minimum Gasteiger partial charge on any atom is -0.489 e. The Morgan fingerprint density at radius 2 is 1.94 bits per heavy atom. The Labute approximate surface area is 98.5 Å². The Morgan fingerprint density at radius 1 is 1.25 bits per heavy atom. The van der Waals surface area contributed by atoms with Gasteiger partial charge in [-0.2, -0.15) is 0 Å². The van der Waals surface area contributed by atoms with Crippen LogP contribution in [0, 0.1) is 0 Å². The Bertz CT molecular complexity index is 349. The van der Waals surface area contributed by atoms with Gasteiger partial charge in [0.25, 0.3) is 0 Å². The minimum absolute atomic E-state index is 0.598. The van der Waals surface area contributed by atoms with Crippen LogP contribution in [0.3, 0.4) is 0 Å². The van der Waals surface area contributed by atoms with Gasteiger partial charge in [-0.25, -0.2) is 0 Å². The van der Waals surface area contributed by atoms with E-state index in [0.29, 0.717) is 6.61 Å². The van der Waals surface area contributed by atoms with Gasteiger partial charge in [0.1, 0.15) is 12.4 Å². The normalized spacial score (nSPS) is 11.2. The van der Waals surface area contributed by atoms with E-state index in [1.54, 1.807) is 0 Å². The molecule has 0 aliphatic rings. The smallest absolute Gasteiger partial charge is 0.115 e. The molecule has 0 amide bonds. The standard InChI is InChI=1S/C15H20O/c1-4-9-15(5-2)13(3)16-12-14-10-7-6-8-11-14/h6-11H,3-5,12H2,1-2H3/b15-9-. The third-order valence-electron chi connectivity index (χ3n) is 2.45. The highest BCUT2D eigenvalue weighted by atomic mass is 16.5. The van der Waals surface area contributed by atoms with Crippen molar-refractivity contribution in [3.8, 4) is 0 Å². The quantitative estimate of drug-likeness (QED) is 0.504. The summed E-state index contributed by atoms with van der Waals surface area (Å²) in [5.74, 6) is 0.799. The van der Waals surface area contributed by atoms with Gasteiger partial charge < -0.3 is 4.74 Å². The van der Waals surface area contributed by atoms with E-state index in [4.69, 9.17) is 4.74 Å². The van der Waals surface area contributed by atoms with E-state index >= 15 is 0 Å². The Kier molecular flexibility index (Phi) is 5.41. The summed E-state index contributed by atoms with van der Waals surface area (Å²) in [5, 5.41) is 0. The molecule has 1 aromatic rings. The molecule has 0 saturated heterocycles. The summed E-state index contributed by atoms with van der Waals surface area (Å²) in [7, 11) is 0. The van der Waals surface area contributed by atoms with Crippen LogP contribution in [0.2, 0.25) is 0 Å². The zero-order chi connectivity index (χ0) is 11.8. The second kappa shape index (κ2) is 6.89. The van der Waals surface area contributed by atoms with E-state index in [0.717, 1.165) is 18.6 Å². The van der Waals surface area contributed by atoms with Crippen LogP contribution in [0.15, 0.2) is 54.3 Å². The number of ether oxygens (including phenoxy) is 1. The molecule has 0 atom stereocenters. The van der Waals surface area contributed by atoms with E-state index in [1.807, 2.05) is 18.2 Å². The van der Waals surface area contributed by atoms with E-state index < -0.39 is 0 Å². The SMILES string of the molecule is C=C(OCc1ccccc1)/C(=C\CC)CC. The van der Waals surface area contributed by atoms with Gasteiger partial charge in [0, 0.05) is 0 Å². The molecule has 1 nitrogen and oxygen atoms in total. The summed E-state index contributed by atoms with van der Waals surface area (Å²) in [6, 6.07) is 10.2. The summed E-state index contributed by atoms with van der Waals surface area (Å²) in [4.78, 5) is 0. The molecular formula is C15H20O. The molecule has 0 saturated carbocycles. The van der Waals surface area contributed by atoms with Crippen LogP contribution in [0.25, 0.3) is 0 Å². The first-order chi connectivity index (χ1) is 7.77. The lowest BCUT2D eigenvalue weighted by atomic mass is 10.1. The highest BCUT2D eigenvalue weighted by molar-refractivity contribution is 5.23. The van der Waals surface area contributed by atoms with Crippen molar-refractivity contribution in [2.75, 3.05) is 0 Å². The van der Waals surface area contributed by atoms with Gasteiger partial charge in [-0.05, 0) is 24.0 Å². The fraction of sp³-hybridized carbons (Fsp3) is 0.333. The first-order valence-electron chi connectivity index (χ1n) is 5.83. The largest absolute Gasteiger partial charge is 0.489 e. The summed E-state index contributed by atoms with van der Waals surface area (Å²) in [5.41, 5.74) is 2.38. The van der Waals surface area contributed by atoms with Crippen LogP contribution in [-0.4, -0.2) is 0 Å². The van der Waals surface area contributed by atoms with Crippen molar-refractivity contribution in [1.82, 2.24) is 0 Å². The molecule has 0 N–H and O–H groups in total. The average molecular weight is 216 g/mol. The number of rotatable bonds is 6. The first-order valence-corrected chi connectivity index (χ1v) is 5.83. The molecule has 0 aliphatic heterocycles. The zero-order valence-electron chi connectivity index (χ0n) is 10.2. The molecule has 16 heavy (non-hydrogen) atoms. The molecular weight excluding hydrogens is 196 g/mol. The fourth-order valence-electron chi connectivity index (χ4n) is 1.54. The van der Waals surface area contributed by atoms with E-state index in [1.165, 1.54) is 11.1 Å². The van der Waals surface area contributed by atoms with Gasteiger partial charge in [0.05, 0.1) is 0 Å². The van der Waals surface area contributed by atoms with Crippen LogP contribution in [0.5, 0.6) is 0 Å². The van der Waals surface area contributed by atoms with Crippen molar-refractivity contribution in [1.29, 1.82) is 0 Å². The molecule has 0 fully saturated rings. The number of hydrogen-bond donors (Lipinski definition) is 0. The lowest BCUT2D eigenvalue weighted by Gasteiger charge is -2.11. The van der Waals surface area contributed by atoms with Gasteiger partial charge in [0.2, 0.25) is 0 Å². The number of hydrogen-bond acceptors (Lipinski definition) is 1. The molecule has 1 heteroatoms. The Hall–Kier alpha value is -1.50. The molecule has 0 bridgehead atoms. The maximum Gasteiger partial charge on any atom is 0.115 e. The Morgan fingerprint density at radius 3 is 2.50 bits per heavy atom. The van der Waals surface area contributed by atoms with Crippen molar-refractivity contribution >= 4 is 0 Å². The summed E-state index contributed by atoms with van der Waals surface area (Å²) in [6.45, 7) is 8.82. The second-order valence-electron chi connectivity index (χ2n) is 3.69. The monoisotopic (exact) mass is 216 g/mol. The molecule has 1 rings (SSSR count). The van der Waals surface area contributed by atoms with Gasteiger partial charge in [0.15, 0.2) is 0 Å². The highest BCUT2D eigenvalue weighted by Crippen LogP contribution is 2.16. The molecule has 0 heterocycles.